The highest BCUT2D eigenvalue weighted by molar-refractivity contribution is 7.20. The third kappa shape index (κ3) is 1.87. The van der Waals surface area contributed by atoms with Crippen LogP contribution in [0.1, 0.15) is 17.0 Å². The summed E-state index contributed by atoms with van der Waals surface area (Å²) in [5, 5.41) is 12.9. The lowest BCUT2D eigenvalue weighted by atomic mass is 10.1. The Morgan fingerprint density at radius 2 is 2.00 bits per heavy atom. The molecule has 6 heteroatoms. The minimum Gasteiger partial charge on any atom is -0.374 e. The molecule has 3 rings (SSSR count). The Morgan fingerprint density at radius 3 is 2.76 bits per heavy atom. The number of fused-ring (bicyclic) bond motifs is 1. The van der Waals surface area contributed by atoms with E-state index in [1.54, 1.807) is 4.52 Å². The first-order valence-electron chi connectivity index (χ1n) is 5.24. The van der Waals surface area contributed by atoms with Gasteiger partial charge in [-0.3, -0.25) is 0 Å². The van der Waals surface area contributed by atoms with Crippen LogP contribution in [-0.4, -0.2) is 19.8 Å². The largest absolute Gasteiger partial charge is 0.374 e. The van der Waals surface area contributed by atoms with Crippen LogP contribution in [0.15, 0.2) is 24.3 Å². The van der Waals surface area contributed by atoms with Crippen molar-refractivity contribution in [1.29, 1.82) is 0 Å². The number of rotatable bonds is 2. The molecule has 0 amide bonds. The Kier molecular flexibility index (Phi) is 2.29. The molecule has 3 aromatic rings. The van der Waals surface area contributed by atoms with Crippen LogP contribution in [0.4, 0.5) is 5.13 Å². The molecule has 0 aliphatic rings. The maximum atomic E-state index is 5.64. The Labute approximate surface area is 102 Å². The van der Waals surface area contributed by atoms with Crippen LogP contribution in [0.3, 0.4) is 0 Å². The number of aryl methyl sites for hydroxylation is 1. The van der Waals surface area contributed by atoms with Crippen molar-refractivity contribution >= 4 is 21.4 Å². The van der Waals surface area contributed by atoms with Gasteiger partial charge in [0.25, 0.3) is 0 Å². The van der Waals surface area contributed by atoms with E-state index in [1.807, 2.05) is 0 Å². The van der Waals surface area contributed by atoms with E-state index in [-0.39, 0.29) is 0 Å². The number of hydrogen-bond donors (Lipinski definition) is 1. The Bertz CT molecular complexity index is 652. The van der Waals surface area contributed by atoms with Crippen molar-refractivity contribution < 1.29 is 0 Å². The van der Waals surface area contributed by atoms with Gasteiger partial charge in [-0.2, -0.15) is 4.52 Å². The molecule has 0 aliphatic heterocycles. The number of nitrogens with two attached hydrogens (primary N) is 1. The first kappa shape index (κ1) is 10.2. The quantitative estimate of drug-likeness (QED) is 0.745. The molecule has 5 nitrogen and oxygen atoms in total. The SMILES string of the molecule is Cc1ccc(Cc2nnc3sc(N)nn23)cc1. The van der Waals surface area contributed by atoms with Gasteiger partial charge < -0.3 is 5.73 Å². The number of aromatic nitrogens is 4. The minimum absolute atomic E-state index is 0.514. The summed E-state index contributed by atoms with van der Waals surface area (Å²) in [6.45, 7) is 2.07. The van der Waals surface area contributed by atoms with Gasteiger partial charge in [-0.25, -0.2) is 0 Å². The highest BCUT2D eigenvalue weighted by Gasteiger charge is 2.10. The Morgan fingerprint density at radius 1 is 1.24 bits per heavy atom. The summed E-state index contributed by atoms with van der Waals surface area (Å²) in [7, 11) is 0. The van der Waals surface area contributed by atoms with Crippen molar-refractivity contribution in [2.24, 2.45) is 0 Å². The molecule has 2 aromatic heterocycles. The van der Waals surface area contributed by atoms with Gasteiger partial charge in [0.05, 0.1) is 0 Å². The van der Waals surface area contributed by atoms with Gasteiger partial charge in [0, 0.05) is 6.42 Å². The van der Waals surface area contributed by atoms with E-state index in [0.717, 1.165) is 10.8 Å². The third-order valence-electron chi connectivity index (χ3n) is 2.55. The lowest BCUT2D eigenvalue weighted by Gasteiger charge is -1.98. The van der Waals surface area contributed by atoms with Gasteiger partial charge in [0.2, 0.25) is 10.1 Å². The topological polar surface area (TPSA) is 69.1 Å². The monoisotopic (exact) mass is 245 g/mol. The second-order valence-electron chi connectivity index (χ2n) is 3.91. The second-order valence-corrected chi connectivity index (χ2v) is 4.90. The average Bonchev–Trinajstić information content (AvgIpc) is 2.83. The lowest BCUT2D eigenvalue weighted by Crippen LogP contribution is -1.98. The Balaban J connectivity index is 1.96. The zero-order valence-electron chi connectivity index (χ0n) is 9.29. The van der Waals surface area contributed by atoms with Crippen LogP contribution in [0.25, 0.3) is 4.96 Å². The van der Waals surface area contributed by atoms with Crippen LogP contribution in [0.2, 0.25) is 0 Å². The van der Waals surface area contributed by atoms with E-state index in [2.05, 4.69) is 46.5 Å². The van der Waals surface area contributed by atoms with Crippen LogP contribution in [-0.2, 0) is 6.42 Å². The van der Waals surface area contributed by atoms with Crippen molar-refractivity contribution in [2.75, 3.05) is 5.73 Å². The van der Waals surface area contributed by atoms with E-state index >= 15 is 0 Å². The minimum atomic E-state index is 0.514. The number of nitrogens with zero attached hydrogens (tertiary/aromatic N) is 4. The van der Waals surface area contributed by atoms with Gasteiger partial charge >= 0.3 is 0 Å². The third-order valence-corrected chi connectivity index (χ3v) is 3.28. The highest BCUT2D eigenvalue weighted by atomic mass is 32.1. The summed E-state index contributed by atoms with van der Waals surface area (Å²) in [5.41, 5.74) is 8.08. The van der Waals surface area contributed by atoms with Crippen LogP contribution >= 0.6 is 11.3 Å². The smallest absolute Gasteiger partial charge is 0.236 e. The summed E-state index contributed by atoms with van der Waals surface area (Å²) in [6, 6.07) is 8.35. The van der Waals surface area contributed by atoms with E-state index in [0.29, 0.717) is 11.6 Å². The molecule has 2 N–H and O–H groups in total. The van der Waals surface area contributed by atoms with E-state index in [1.165, 1.54) is 22.5 Å². The van der Waals surface area contributed by atoms with Crippen molar-refractivity contribution in [3.8, 4) is 0 Å². The predicted octanol–water partition coefficient (Wildman–Crippen LogP) is 1.67. The Hall–Kier alpha value is -1.95. The highest BCUT2D eigenvalue weighted by Crippen LogP contribution is 2.17. The van der Waals surface area contributed by atoms with Gasteiger partial charge in [0.1, 0.15) is 0 Å². The fourth-order valence-electron chi connectivity index (χ4n) is 1.67. The van der Waals surface area contributed by atoms with E-state index in [4.69, 9.17) is 5.73 Å². The molecule has 0 radical (unpaired) electrons. The van der Waals surface area contributed by atoms with Gasteiger partial charge in [-0.15, -0.1) is 15.3 Å². The van der Waals surface area contributed by atoms with Crippen molar-refractivity contribution in [1.82, 2.24) is 19.8 Å². The first-order chi connectivity index (χ1) is 8.22. The summed E-state index contributed by atoms with van der Waals surface area (Å²) < 4.78 is 1.71. The second kappa shape index (κ2) is 3.81. The molecule has 0 saturated heterocycles. The lowest BCUT2D eigenvalue weighted by molar-refractivity contribution is 0.855. The molecule has 0 atom stereocenters. The summed E-state index contributed by atoms with van der Waals surface area (Å²) in [5.74, 6) is 0.816. The van der Waals surface area contributed by atoms with Crippen molar-refractivity contribution in [2.45, 2.75) is 13.3 Å². The normalized spacial score (nSPS) is 11.1. The number of benzene rings is 1. The predicted molar refractivity (Wildman–Crippen MR) is 67.1 cm³/mol. The standard InChI is InChI=1S/C11H11N5S/c1-7-2-4-8(5-3-7)6-9-13-14-11-16(9)15-10(12)17-11/h2-5H,6H2,1H3,(H2,12,15). The fourth-order valence-corrected chi connectivity index (χ4v) is 2.29. The molecule has 17 heavy (non-hydrogen) atoms. The molecule has 0 aliphatic carbocycles. The van der Waals surface area contributed by atoms with Crippen LogP contribution < -0.4 is 5.73 Å². The van der Waals surface area contributed by atoms with Crippen molar-refractivity contribution in [3.63, 3.8) is 0 Å². The molecule has 1 aromatic carbocycles. The number of hydrogen-bond acceptors (Lipinski definition) is 5. The van der Waals surface area contributed by atoms with Crippen LogP contribution in [0, 0.1) is 6.92 Å². The number of nitrogen functional groups attached to an aromatic ring is 1. The molecule has 86 valence electrons. The molecule has 0 unspecified atom stereocenters. The molecule has 0 fully saturated rings. The fraction of sp³-hybridized carbons (Fsp3) is 0.182. The van der Waals surface area contributed by atoms with E-state index in [9.17, 15) is 0 Å². The zero-order chi connectivity index (χ0) is 11.8. The summed E-state index contributed by atoms with van der Waals surface area (Å²) in [6.07, 6.45) is 0.713. The van der Waals surface area contributed by atoms with Crippen LogP contribution in [0.5, 0.6) is 0 Å². The molecule has 0 spiro atoms. The summed E-state index contributed by atoms with van der Waals surface area (Å²) in [4.78, 5) is 0.740. The maximum Gasteiger partial charge on any atom is 0.236 e. The molecule has 2 heterocycles. The molecule has 0 saturated carbocycles. The molecular weight excluding hydrogens is 234 g/mol. The first-order valence-corrected chi connectivity index (χ1v) is 6.06. The molecular formula is C11H11N5S. The van der Waals surface area contributed by atoms with Gasteiger partial charge in [-0.05, 0) is 12.5 Å². The molecule has 0 bridgehead atoms. The van der Waals surface area contributed by atoms with Crippen molar-refractivity contribution in [3.05, 3.63) is 41.2 Å². The van der Waals surface area contributed by atoms with Gasteiger partial charge in [-0.1, -0.05) is 41.2 Å². The number of anilines is 1. The zero-order valence-corrected chi connectivity index (χ0v) is 10.1. The summed E-state index contributed by atoms with van der Waals surface area (Å²) >= 11 is 1.34. The van der Waals surface area contributed by atoms with Gasteiger partial charge in [0.15, 0.2) is 5.82 Å². The average molecular weight is 245 g/mol. The maximum absolute atomic E-state index is 5.64. The van der Waals surface area contributed by atoms with E-state index < -0.39 is 0 Å².